The Bertz CT molecular complexity index is 875. The van der Waals surface area contributed by atoms with E-state index in [0.717, 1.165) is 11.1 Å². The second-order valence-electron chi connectivity index (χ2n) is 5.62. The highest BCUT2D eigenvalue weighted by Crippen LogP contribution is 2.24. The number of oxazole rings is 1. The van der Waals surface area contributed by atoms with Crippen molar-refractivity contribution in [2.24, 2.45) is 0 Å². The van der Waals surface area contributed by atoms with Crippen LogP contribution >= 0.6 is 0 Å². The summed E-state index contributed by atoms with van der Waals surface area (Å²) in [5, 5.41) is 2.81. The van der Waals surface area contributed by atoms with Crippen molar-refractivity contribution in [3.63, 3.8) is 0 Å². The van der Waals surface area contributed by atoms with Crippen molar-refractivity contribution in [2.45, 2.75) is 13.0 Å². The normalized spacial score (nSPS) is 10.4. The predicted molar refractivity (Wildman–Crippen MR) is 97.0 cm³/mol. The lowest BCUT2D eigenvalue weighted by atomic mass is 10.1. The summed E-state index contributed by atoms with van der Waals surface area (Å²) in [6, 6.07) is 15.0. The van der Waals surface area contributed by atoms with Crippen LogP contribution in [0.1, 0.15) is 11.5 Å². The first kappa shape index (κ1) is 17.5. The number of hydrogen-bond acceptors (Lipinski definition) is 5. The summed E-state index contributed by atoms with van der Waals surface area (Å²) in [7, 11) is 3.15. The van der Waals surface area contributed by atoms with Crippen LogP contribution in [0.4, 0.5) is 0 Å². The molecule has 0 aliphatic rings. The lowest BCUT2D eigenvalue weighted by Gasteiger charge is -2.10. The Balaban J connectivity index is 1.61. The van der Waals surface area contributed by atoms with E-state index in [1.54, 1.807) is 38.6 Å². The molecule has 134 valence electrons. The highest BCUT2D eigenvalue weighted by molar-refractivity contribution is 5.79. The van der Waals surface area contributed by atoms with E-state index in [0.29, 0.717) is 23.1 Å². The Morgan fingerprint density at radius 2 is 1.92 bits per heavy atom. The van der Waals surface area contributed by atoms with Gasteiger partial charge in [0.15, 0.2) is 5.76 Å². The van der Waals surface area contributed by atoms with Crippen molar-refractivity contribution in [3.05, 3.63) is 66.2 Å². The van der Waals surface area contributed by atoms with Crippen molar-refractivity contribution in [2.75, 3.05) is 14.2 Å². The van der Waals surface area contributed by atoms with Crippen LogP contribution in [0.5, 0.6) is 11.5 Å². The average molecular weight is 352 g/mol. The molecule has 0 aliphatic carbocycles. The Hall–Kier alpha value is -3.28. The van der Waals surface area contributed by atoms with Crippen LogP contribution in [0.25, 0.3) is 11.3 Å². The number of hydrogen-bond donors (Lipinski definition) is 1. The van der Waals surface area contributed by atoms with E-state index in [9.17, 15) is 4.79 Å². The summed E-state index contributed by atoms with van der Waals surface area (Å²) in [5.74, 6) is 2.28. The maximum Gasteiger partial charge on any atom is 0.224 e. The van der Waals surface area contributed by atoms with E-state index in [1.165, 1.54) is 0 Å². The summed E-state index contributed by atoms with van der Waals surface area (Å²) in [5.41, 5.74) is 1.69. The molecular weight excluding hydrogens is 332 g/mol. The van der Waals surface area contributed by atoms with Gasteiger partial charge in [-0.25, -0.2) is 4.98 Å². The Labute approximate surface area is 151 Å². The van der Waals surface area contributed by atoms with Gasteiger partial charge >= 0.3 is 0 Å². The van der Waals surface area contributed by atoms with Gasteiger partial charge in [-0.3, -0.25) is 4.79 Å². The molecular formula is C20H20N2O4. The van der Waals surface area contributed by atoms with Crippen molar-refractivity contribution in [1.29, 1.82) is 0 Å². The van der Waals surface area contributed by atoms with Crippen molar-refractivity contribution < 1.29 is 18.7 Å². The molecule has 0 fully saturated rings. The minimum absolute atomic E-state index is 0.156. The number of nitrogens with zero attached hydrogens (tertiary/aromatic N) is 1. The van der Waals surface area contributed by atoms with E-state index >= 15 is 0 Å². The molecule has 0 bridgehead atoms. The van der Waals surface area contributed by atoms with Gasteiger partial charge in [-0.1, -0.05) is 30.3 Å². The van der Waals surface area contributed by atoms with Gasteiger partial charge in [0.1, 0.15) is 11.5 Å². The van der Waals surface area contributed by atoms with Crippen molar-refractivity contribution in [3.8, 4) is 22.8 Å². The van der Waals surface area contributed by atoms with Gasteiger partial charge in [-0.2, -0.15) is 0 Å². The van der Waals surface area contributed by atoms with Gasteiger partial charge in [0.25, 0.3) is 0 Å². The third-order valence-corrected chi connectivity index (χ3v) is 3.89. The molecule has 1 aromatic heterocycles. The van der Waals surface area contributed by atoms with Crippen molar-refractivity contribution in [1.82, 2.24) is 10.3 Å². The number of nitrogens with one attached hydrogen (secondary N) is 1. The first-order chi connectivity index (χ1) is 12.7. The van der Waals surface area contributed by atoms with E-state index < -0.39 is 0 Å². The number of ether oxygens (including phenoxy) is 2. The third kappa shape index (κ3) is 4.22. The molecule has 26 heavy (non-hydrogen) atoms. The van der Waals surface area contributed by atoms with Gasteiger partial charge in [0.05, 0.1) is 33.4 Å². The Morgan fingerprint density at radius 1 is 1.12 bits per heavy atom. The molecule has 1 N–H and O–H groups in total. The van der Waals surface area contributed by atoms with Crippen LogP contribution in [0.15, 0.2) is 59.1 Å². The molecule has 3 aromatic rings. The van der Waals surface area contributed by atoms with Crippen LogP contribution in [0, 0.1) is 0 Å². The molecule has 0 saturated heterocycles. The number of carbonyl (C=O) groups excluding carboxylic acids is 1. The predicted octanol–water partition coefficient (Wildman–Crippen LogP) is 3.22. The van der Waals surface area contributed by atoms with E-state index in [2.05, 4.69) is 10.3 Å². The number of benzene rings is 2. The average Bonchev–Trinajstić information content (AvgIpc) is 3.16. The highest BCUT2D eigenvalue weighted by Gasteiger charge is 2.12. The molecule has 0 spiro atoms. The molecule has 1 amide bonds. The molecule has 0 aliphatic heterocycles. The highest BCUT2D eigenvalue weighted by atomic mass is 16.5. The maximum atomic E-state index is 12.3. The lowest BCUT2D eigenvalue weighted by molar-refractivity contribution is -0.120. The van der Waals surface area contributed by atoms with Gasteiger partial charge in [-0.05, 0) is 18.2 Å². The smallest absolute Gasteiger partial charge is 0.224 e. The monoisotopic (exact) mass is 352 g/mol. The number of rotatable bonds is 7. The van der Waals surface area contributed by atoms with Crippen LogP contribution in [-0.4, -0.2) is 25.1 Å². The second kappa shape index (κ2) is 8.20. The molecule has 0 radical (unpaired) electrons. The summed E-state index contributed by atoms with van der Waals surface area (Å²) in [4.78, 5) is 16.5. The topological polar surface area (TPSA) is 73.6 Å². The molecule has 1 heterocycles. The molecule has 6 nitrogen and oxygen atoms in total. The number of aromatic nitrogens is 1. The standard InChI is InChI=1S/C20H20N2O4/c1-24-16-8-9-17(25-2)15(10-16)11-19(23)21-13-20-22-12-18(26-20)14-6-4-3-5-7-14/h3-10,12H,11,13H2,1-2H3,(H,21,23). The zero-order chi connectivity index (χ0) is 18.4. The van der Waals surface area contributed by atoms with Gasteiger partial charge < -0.3 is 19.2 Å². The molecule has 0 saturated carbocycles. The van der Waals surface area contributed by atoms with Gasteiger partial charge in [0.2, 0.25) is 11.8 Å². The van der Waals surface area contributed by atoms with Gasteiger partial charge in [0, 0.05) is 11.1 Å². The fourth-order valence-electron chi connectivity index (χ4n) is 2.56. The molecule has 0 unspecified atom stereocenters. The molecule has 0 atom stereocenters. The Morgan fingerprint density at radius 3 is 2.65 bits per heavy atom. The van der Waals surface area contributed by atoms with E-state index in [1.807, 2.05) is 30.3 Å². The van der Waals surface area contributed by atoms with Crippen LogP contribution in [-0.2, 0) is 17.8 Å². The summed E-state index contributed by atoms with van der Waals surface area (Å²) >= 11 is 0. The summed E-state index contributed by atoms with van der Waals surface area (Å²) < 4.78 is 16.2. The van der Waals surface area contributed by atoms with Crippen LogP contribution in [0.2, 0.25) is 0 Å². The zero-order valence-electron chi connectivity index (χ0n) is 14.7. The minimum Gasteiger partial charge on any atom is -0.497 e. The molecule has 2 aromatic carbocycles. The van der Waals surface area contributed by atoms with Crippen LogP contribution < -0.4 is 14.8 Å². The second-order valence-corrected chi connectivity index (χ2v) is 5.62. The minimum atomic E-state index is -0.156. The van der Waals surface area contributed by atoms with Gasteiger partial charge in [-0.15, -0.1) is 0 Å². The number of methoxy groups -OCH3 is 2. The third-order valence-electron chi connectivity index (χ3n) is 3.89. The zero-order valence-corrected chi connectivity index (χ0v) is 14.7. The Kier molecular flexibility index (Phi) is 5.53. The first-order valence-electron chi connectivity index (χ1n) is 8.17. The maximum absolute atomic E-state index is 12.3. The SMILES string of the molecule is COc1ccc(OC)c(CC(=O)NCc2ncc(-c3ccccc3)o2)c1. The number of carbonyl (C=O) groups is 1. The summed E-state index contributed by atoms with van der Waals surface area (Å²) in [6.45, 7) is 0.220. The first-order valence-corrected chi connectivity index (χ1v) is 8.17. The largest absolute Gasteiger partial charge is 0.497 e. The van der Waals surface area contributed by atoms with E-state index in [-0.39, 0.29) is 18.9 Å². The molecule has 3 rings (SSSR count). The van der Waals surface area contributed by atoms with E-state index in [4.69, 9.17) is 13.9 Å². The molecule has 6 heteroatoms. The number of amides is 1. The van der Waals surface area contributed by atoms with Crippen molar-refractivity contribution >= 4 is 5.91 Å². The van der Waals surface area contributed by atoms with Crippen LogP contribution in [0.3, 0.4) is 0 Å². The lowest BCUT2D eigenvalue weighted by Crippen LogP contribution is -2.24. The fourth-order valence-corrected chi connectivity index (χ4v) is 2.56. The quantitative estimate of drug-likeness (QED) is 0.707. The summed E-state index contributed by atoms with van der Waals surface area (Å²) in [6.07, 6.45) is 1.83. The fraction of sp³-hybridized carbons (Fsp3) is 0.200.